The van der Waals surface area contributed by atoms with E-state index in [1.165, 1.54) is 12.8 Å². The molecule has 1 aromatic heterocycles. The standard InChI is InChI=1S/C10H18N4O/c1-8-12-10(15-13-8)7-14-4-2-9(6-11)3-5-14/h9H,2-7,11H2,1H3. The Hall–Kier alpha value is -0.940. The van der Waals surface area contributed by atoms with Crippen LogP contribution in [0, 0.1) is 12.8 Å². The number of likely N-dealkylation sites (tertiary alicyclic amines) is 1. The minimum absolute atomic E-state index is 0.700. The monoisotopic (exact) mass is 210 g/mol. The van der Waals surface area contributed by atoms with Crippen molar-refractivity contribution < 1.29 is 4.52 Å². The molecule has 0 bridgehead atoms. The molecule has 0 amide bonds. The van der Waals surface area contributed by atoms with Crippen LogP contribution in [0.1, 0.15) is 24.6 Å². The van der Waals surface area contributed by atoms with E-state index < -0.39 is 0 Å². The van der Waals surface area contributed by atoms with Gasteiger partial charge < -0.3 is 10.3 Å². The van der Waals surface area contributed by atoms with E-state index in [1.807, 2.05) is 6.92 Å². The zero-order chi connectivity index (χ0) is 10.7. The van der Waals surface area contributed by atoms with Gasteiger partial charge in [0.15, 0.2) is 5.82 Å². The van der Waals surface area contributed by atoms with Gasteiger partial charge in [0.1, 0.15) is 0 Å². The molecule has 0 aliphatic carbocycles. The Kier molecular flexibility index (Phi) is 3.33. The highest BCUT2D eigenvalue weighted by Gasteiger charge is 2.19. The number of piperidine rings is 1. The molecule has 0 radical (unpaired) electrons. The van der Waals surface area contributed by atoms with Crippen LogP contribution >= 0.6 is 0 Å². The number of nitrogens with two attached hydrogens (primary N) is 1. The van der Waals surface area contributed by atoms with Gasteiger partial charge in [-0.3, -0.25) is 4.90 Å². The van der Waals surface area contributed by atoms with E-state index in [1.54, 1.807) is 0 Å². The van der Waals surface area contributed by atoms with Crippen molar-refractivity contribution in [2.45, 2.75) is 26.3 Å². The second kappa shape index (κ2) is 4.72. The van der Waals surface area contributed by atoms with Crippen molar-refractivity contribution in [3.05, 3.63) is 11.7 Å². The maximum atomic E-state index is 5.65. The van der Waals surface area contributed by atoms with Gasteiger partial charge in [0.2, 0.25) is 5.89 Å². The number of nitrogens with zero attached hydrogens (tertiary/aromatic N) is 3. The van der Waals surface area contributed by atoms with E-state index in [2.05, 4.69) is 15.0 Å². The van der Waals surface area contributed by atoms with Crippen LogP contribution in [0.4, 0.5) is 0 Å². The van der Waals surface area contributed by atoms with Crippen molar-refractivity contribution in [3.8, 4) is 0 Å². The predicted octanol–water partition coefficient (Wildman–Crippen LogP) is 0.549. The molecule has 1 aliphatic heterocycles. The van der Waals surface area contributed by atoms with Crippen LogP contribution in [-0.2, 0) is 6.54 Å². The lowest BCUT2D eigenvalue weighted by atomic mass is 9.97. The Labute approximate surface area is 89.6 Å². The largest absolute Gasteiger partial charge is 0.338 e. The topological polar surface area (TPSA) is 68.2 Å². The van der Waals surface area contributed by atoms with Crippen molar-refractivity contribution in [1.29, 1.82) is 0 Å². The first kappa shape index (κ1) is 10.6. The fraction of sp³-hybridized carbons (Fsp3) is 0.800. The lowest BCUT2D eigenvalue weighted by Gasteiger charge is -2.30. The quantitative estimate of drug-likeness (QED) is 0.789. The van der Waals surface area contributed by atoms with Crippen LogP contribution in [0.25, 0.3) is 0 Å². The summed E-state index contributed by atoms with van der Waals surface area (Å²) in [5.41, 5.74) is 5.65. The van der Waals surface area contributed by atoms with Gasteiger partial charge in [-0.05, 0) is 45.3 Å². The minimum atomic E-state index is 0.700. The van der Waals surface area contributed by atoms with Gasteiger partial charge in [-0.1, -0.05) is 5.16 Å². The molecule has 15 heavy (non-hydrogen) atoms. The molecule has 0 unspecified atom stereocenters. The molecule has 2 N–H and O–H groups in total. The maximum Gasteiger partial charge on any atom is 0.240 e. The van der Waals surface area contributed by atoms with Gasteiger partial charge in [-0.2, -0.15) is 4.98 Å². The van der Waals surface area contributed by atoms with E-state index >= 15 is 0 Å². The van der Waals surface area contributed by atoms with Gasteiger partial charge in [-0.15, -0.1) is 0 Å². The molecule has 0 spiro atoms. The Morgan fingerprint density at radius 3 is 2.73 bits per heavy atom. The van der Waals surface area contributed by atoms with E-state index in [0.29, 0.717) is 11.7 Å². The average molecular weight is 210 g/mol. The number of hydrogen-bond donors (Lipinski definition) is 1. The fourth-order valence-electron chi connectivity index (χ4n) is 1.98. The molecule has 2 heterocycles. The summed E-state index contributed by atoms with van der Waals surface area (Å²) in [6.45, 7) is 5.60. The SMILES string of the molecule is Cc1noc(CN2CCC(CN)CC2)n1. The summed E-state index contributed by atoms with van der Waals surface area (Å²) in [6, 6.07) is 0. The number of rotatable bonds is 3. The van der Waals surface area contributed by atoms with Gasteiger partial charge in [0, 0.05) is 0 Å². The van der Waals surface area contributed by atoms with E-state index in [4.69, 9.17) is 10.3 Å². The smallest absolute Gasteiger partial charge is 0.240 e. The molecule has 0 atom stereocenters. The first-order valence-electron chi connectivity index (χ1n) is 5.49. The highest BCUT2D eigenvalue weighted by atomic mass is 16.5. The molecule has 1 fully saturated rings. The van der Waals surface area contributed by atoms with Crippen LogP contribution in [0.3, 0.4) is 0 Å². The highest BCUT2D eigenvalue weighted by molar-refractivity contribution is 4.84. The molecule has 2 rings (SSSR count). The van der Waals surface area contributed by atoms with E-state index in [9.17, 15) is 0 Å². The summed E-state index contributed by atoms with van der Waals surface area (Å²) >= 11 is 0. The van der Waals surface area contributed by atoms with Crippen LogP contribution in [0.15, 0.2) is 4.52 Å². The molecule has 0 saturated carbocycles. The van der Waals surface area contributed by atoms with Gasteiger partial charge in [0.25, 0.3) is 0 Å². The zero-order valence-electron chi connectivity index (χ0n) is 9.15. The van der Waals surface area contributed by atoms with Crippen molar-refractivity contribution in [2.24, 2.45) is 11.7 Å². The molecule has 1 aliphatic rings. The van der Waals surface area contributed by atoms with Crippen LogP contribution in [0.5, 0.6) is 0 Å². The lowest BCUT2D eigenvalue weighted by molar-refractivity contribution is 0.161. The summed E-state index contributed by atoms with van der Waals surface area (Å²) in [6.07, 6.45) is 2.37. The summed E-state index contributed by atoms with van der Waals surface area (Å²) in [5.74, 6) is 2.13. The molecule has 1 saturated heterocycles. The van der Waals surface area contributed by atoms with Crippen molar-refractivity contribution in [2.75, 3.05) is 19.6 Å². The third kappa shape index (κ3) is 2.76. The van der Waals surface area contributed by atoms with Crippen LogP contribution in [-0.4, -0.2) is 34.7 Å². The molecule has 5 heteroatoms. The minimum Gasteiger partial charge on any atom is -0.338 e. The number of aromatic nitrogens is 2. The lowest BCUT2D eigenvalue weighted by Crippen LogP contribution is -2.35. The Morgan fingerprint density at radius 2 is 2.20 bits per heavy atom. The number of aryl methyl sites for hydroxylation is 1. The summed E-state index contributed by atoms with van der Waals surface area (Å²) < 4.78 is 5.09. The van der Waals surface area contributed by atoms with Crippen LogP contribution < -0.4 is 5.73 Å². The molecular formula is C10H18N4O. The third-order valence-corrected chi connectivity index (χ3v) is 2.97. The third-order valence-electron chi connectivity index (χ3n) is 2.97. The van der Waals surface area contributed by atoms with Gasteiger partial charge >= 0.3 is 0 Å². The van der Waals surface area contributed by atoms with E-state index in [0.717, 1.165) is 32.1 Å². The molecule has 1 aromatic rings. The first-order chi connectivity index (χ1) is 7.28. The average Bonchev–Trinajstić information content (AvgIpc) is 2.65. The number of hydrogen-bond acceptors (Lipinski definition) is 5. The molecular weight excluding hydrogens is 192 g/mol. The second-order valence-electron chi connectivity index (χ2n) is 4.19. The van der Waals surface area contributed by atoms with Crippen LogP contribution in [0.2, 0.25) is 0 Å². The maximum absolute atomic E-state index is 5.65. The predicted molar refractivity (Wildman–Crippen MR) is 56.1 cm³/mol. The van der Waals surface area contributed by atoms with Crippen molar-refractivity contribution in [3.63, 3.8) is 0 Å². The Balaban J connectivity index is 1.82. The van der Waals surface area contributed by atoms with Gasteiger partial charge in [-0.25, -0.2) is 0 Å². The summed E-state index contributed by atoms with van der Waals surface area (Å²) in [5, 5.41) is 3.78. The fourth-order valence-corrected chi connectivity index (χ4v) is 1.98. The Bertz CT molecular complexity index is 304. The first-order valence-corrected chi connectivity index (χ1v) is 5.49. The summed E-state index contributed by atoms with van der Waals surface area (Å²) in [4.78, 5) is 6.55. The van der Waals surface area contributed by atoms with Crippen molar-refractivity contribution in [1.82, 2.24) is 15.0 Å². The van der Waals surface area contributed by atoms with E-state index in [-0.39, 0.29) is 0 Å². The Morgan fingerprint density at radius 1 is 1.47 bits per heavy atom. The molecule has 84 valence electrons. The molecule has 5 nitrogen and oxygen atoms in total. The van der Waals surface area contributed by atoms with Gasteiger partial charge in [0.05, 0.1) is 6.54 Å². The summed E-state index contributed by atoms with van der Waals surface area (Å²) in [7, 11) is 0. The second-order valence-corrected chi connectivity index (χ2v) is 4.19. The normalized spacial score (nSPS) is 19.6. The van der Waals surface area contributed by atoms with Crippen molar-refractivity contribution >= 4 is 0 Å². The highest BCUT2D eigenvalue weighted by Crippen LogP contribution is 2.17. The molecule has 0 aromatic carbocycles. The zero-order valence-corrected chi connectivity index (χ0v) is 9.15.